The minimum atomic E-state index is 0.400. The molecule has 0 aromatic heterocycles. The lowest BCUT2D eigenvalue weighted by atomic mass is 9.87. The molecule has 1 aromatic rings. The summed E-state index contributed by atoms with van der Waals surface area (Å²) < 4.78 is 0. The fraction of sp³-hybridized carbons (Fsp3) is 0.625. The van der Waals surface area contributed by atoms with Crippen molar-refractivity contribution in [3.05, 3.63) is 29.3 Å². The summed E-state index contributed by atoms with van der Waals surface area (Å²) >= 11 is 0. The van der Waals surface area contributed by atoms with Gasteiger partial charge in [-0.2, -0.15) is 0 Å². The third-order valence-corrected chi connectivity index (χ3v) is 4.46. The summed E-state index contributed by atoms with van der Waals surface area (Å²) in [5.74, 6) is 0.400. The fourth-order valence-corrected chi connectivity index (χ4v) is 3.42. The molecule has 2 aliphatic rings. The quantitative estimate of drug-likeness (QED) is 0.873. The van der Waals surface area contributed by atoms with E-state index in [1.165, 1.54) is 56.4 Å². The summed E-state index contributed by atoms with van der Waals surface area (Å²) in [6, 6.07) is 6.33. The van der Waals surface area contributed by atoms with E-state index in [4.69, 9.17) is 0 Å². The number of hydrogen-bond donors (Lipinski definition) is 2. The van der Waals surface area contributed by atoms with Crippen molar-refractivity contribution in [3.8, 4) is 5.75 Å². The Balaban J connectivity index is 1.57. The van der Waals surface area contributed by atoms with Crippen molar-refractivity contribution in [3.63, 3.8) is 0 Å². The first-order chi connectivity index (χ1) is 9.33. The highest BCUT2D eigenvalue weighted by molar-refractivity contribution is 5.38. The van der Waals surface area contributed by atoms with Gasteiger partial charge in [-0.25, -0.2) is 0 Å². The Morgan fingerprint density at radius 3 is 2.89 bits per heavy atom. The minimum absolute atomic E-state index is 0.400. The monoisotopic (exact) mass is 260 g/mol. The molecule has 2 N–H and O–H groups in total. The van der Waals surface area contributed by atoms with E-state index in [-0.39, 0.29) is 0 Å². The molecule has 1 atom stereocenters. The average molecular weight is 260 g/mol. The summed E-state index contributed by atoms with van der Waals surface area (Å²) in [5.41, 5.74) is 2.72. The molecule has 0 amide bonds. The second-order valence-corrected chi connectivity index (χ2v) is 5.83. The number of benzene rings is 1. The van der Waals surface area contributed by atoms with Gasteiger partial charge in [0, 0.05) is 19.1 Å². The Labute approximate surface area is 115 Å². The van der Waals surface area contributed by atoms with E-state index >= 15 is 0 Å². The van der Waals surface area contributed by atoms with Gasteiger partial charge in [-0.05, 0) is 68.5 Å². The molecule has 3 nitrogen and oxygen atoms in total. The predicted octanol–water partition coefficient (Wildman–Crippen LogP) is 2.46. The molecule has 104 valence electrons. The predicted molar refractivity (Wildman–Crippen MR) is 77.5 cm³/mol. The van der Waals surface area contributed by atoms with Crippen molar-refractivity contribution in [1.29, 1.82) is 0 Å². The van der Waals surface area contributed by atoms with Gasteiger partial charge in [-0.1, -0.05) is 6.07 Å². The number of nitrogens with zero attached hydrogens (tertiary/aromatic N) is 1. The molecule has 1 fully saturated rings. The number of aromatic hydroxyl groups is 1. The molecular formula is C16H24N2O. The van der Waals surface area contributed by atoms with Crippen molar-refractivity contribution >= 4 is 0 Å². The van der Waals surface area contributed by atoms with Crippen LogP contribution in [0.1, 0.15) is 42.9 Å². The lowest BCUT2D eigenvalue weighted by molar-refractivity contribution is 0.322. The van der Waals surface area contributed by atoms with Crippen LogP contribution >= 0.6 is 0 Å². The molecule has 0 radical (unpaired) electrons. The second kappa shape index (κ2) is 5.93. The summed E-state index contributed by atoms with van der Waals surface area (Å²) in [4.78, 5) is 2.55. The van der Waals surface area contributed by atoms with Crippen LogP contribution < -0.4 is 5.32 Å². The largest absolute Gasteiger partial charge is 0.508 e. The molecule has 1 saturated heterocycles. The van der Waals surface area contributed by atoms with Gasteiger partial charge >= 0.3 is 0 Å². The van der Waals surface area contributed by atoms with Crippen LogP contribution in [-0.2, 0) is 6.42 Å². The first-order valence-electron chi connectivity index (χ1n) is 7.60. The van der Waals surface area contributed by atoms with Gasteiger partial charge in [0.15, 0.2) is 0 Å². The topological polar surface area (TPSA) is 35.5 Å². The number of hydrogen-bond acceptors (Lipinski definition) is 3. The van der Waals surface area contributed by atoms with Crippen LogP contribution in [0.25, 0.3) is 0 Å². The maximum atomic E-state index is 9.57. The average Bonchev–Trinajstić information content (AvgIpc) is 2.92. The summed E-state index contributed by atoms with van der Waals surface area (Å²) in [7, 11) is 0. The highest BCUT2D eigenvalue weighted by Crippen LogP contribution is 2.31. The fourth-order valence-electron chi connectivity index (χ4n) is 3.42. The normalized spacial score (nSPS) is 23.5. The number of aryl methyl sites for hydroxylation is 1. The molecule has 0 bridgehead atoms. The number of fused-ring (bicyclic) bond motifs is 1. The van der Waals surface area contributed by atoms with Gasteiger partial charge in [0.05, 0.1) is 0 Å². The van der Waals surface area contributed by atoms with E-state index in [1.54, 1.807) is 0 Å². The van der Waals surface area contributed by atoms with Gasteiger partial charge in [-0.3, -0.25) is 0 Å². The van der Waals surface area contributed by atoms with E-state index in [9.17, 15) is 5.11 Å². The van der Waals surface area contributed by atoms with Crippen LogP contribution in [0.15, 0.2) is 18.2 Å². The zero-order valence-electron chi connectivity index (χ0n) is 11.6. The molecule has 1 heterocycles. The van der Waals surface area contributed by atoms with Crippen molar-refractivity contribution < 1.29 is 5.11 Å². The van der Waals surface area contributed by atoms with E-state index < -0.39 is 0 Å². The second-order valence-electron chi connectivity index (χ2n) is 5.83. The molecule has 0 saturated carbocycles. The molecule has 3 rings (SSSR count). The first-order valence-corrected chi connectivity index (χ1v) is 7.60. The molecule has 3 heteroatoms. The molecule has 1 aliphatic heterocycles. The smallest absolute Gasteiger partial charge is 0.115 e. The van der Waals surface area contributed by atoms with Crippen LogP contribution in [0.2, 0.25) is 0 Å². The van der Waals surface area contributed by atoms with Crippen LogP contribution in [0.4, 0.5) is 0 Å². The zero-order chi connectivity index (χ0) is 13.1. The third-order valence-electron chi connectivity index (χ3n) is 4.46. The molecule has 1 unspecified atom stereocenters. The molecular weight excluding hydrogens is 236 g/mol. The Kier molecular flexibility index (Phi) is 4.04. The Bertz CT molecular complexity index is 427. The highest BCUT2D eigenvalue weighted by Gasteiger charge is 2.20. The van der Waals surface area contributed by atoms with E-state index in [0.717, 1.165) is 13.0 Å². The third kappa shape index (κ3) is 3.10. The zero-order valence-corrected chi connectivity index (χ0v) is 11.6. The minimum Gasteiger partial charge on any atom is -0.508 e. The summed E-state index contributed by atoms with van der Waals surface area (Å²) in [6.07, 6.45) is 6.28. The van der Waals surface area contributed by atoms with Gasteiger partial charge in [-0.15, -0.1) is 0 Å². The number of phenolic OH excluding ortho intramolecular Hbond substituents is 1. The Morgan fingerprint density at radius 2 is 2.05 bits per heavy atom. The number of rotatable bonds is 4. The van der Waals surface area contributed by atoms with Crippen LogP contribution in [-0.4, -0.2) is 36.2 Å². The van der Waals surface area contributed by atoms with Gasteiger partial charge in [0.25, 0.3) is 0 Å². The maximum Gasteiger partial charge on any atom is 0.115 e. The van der Waals surface area contributed by atoms with Crippen LogP contribution in [0.5, 0.6) is 5.75 Å². The van der Waals surface area contributed by atoms with Crippen molar-refractivity contribution in [1.82, 2.24) is 10.2 Å². The first kappa shape index (κ1) is 12.9. The number of nitrogens with one attached hydrogen (secondary N) is 1. The molecule has 19 heavy (non-hydrogen) atoms. The Hall–Kier alpha value is -1.06. The van der Waals surface area contributed by atoms with Crippen molar-refractivity contribution in [2.45, 2.75) is 38.1 Å². The standard InChI is InChI=1S/C16H24N2O/c19-14-6-7-15-13(12-14)4-3-5-16(15)17-8-11-18-9-1-2-10-18/h6-7,12,16-17,19H,1-5,8-11H2. The Morgan fingerprint density at radius 1 is 1.21 bits per heavy atom. The molecule has 1 aliphatic carbocycles. The highest BCUT2D eigenvalue weighted by atomic mass is 16.3. The van der Waals surface area contributed by atoms with Gasteiger partial charge in [0.2, 0.25) is 0 Å². The number of phenols is 1. The molecule has 0 spiro atoms. The van der Waals surface area contributed by atoms with Crippen LogP contribution in [0, 0.1) is 0 Å². The lowest BCUT2D eigenvalue weighted by Gasteiger charge is -2.27. The summed E-state index contributed by atoms with van der Waals surface area (Å²) in [5, 5.41) is 13.3. The van der Waals surface area contributed by atoms with E-state index in [2.05, 4.69) is 16.3 Å². The lowest BCUT2D eigenvalue weighted by Crippen LogP contribution is -2.33. The van der Waals surface area contributed by atoms with E-state index in [0.29, 0.717) is 11.8 Å². The van der Waals surface area contributed by atoms with Crippen LogP contribution in [0.3, 0.4) is 0 Å². The van der Waals surface area contributed by atoms with E-state index in [1.807, 2.05) is 12.1 Å². The SMILES string of the molecule is Oc1ccc2c(c1)CCCC2NCCN1CCCC1. The van der Waals surface area contributed by atoms with Gasteiger partial charge in [0.1, 0.15) is 5.75 Å². The number of likely N-dealkylation sites (tertiary alicyclic amines) is 1. The maximum absolute atomic E-state index is 9.57. The van der Waals surface area contributed by atoms with Crippen molar-refractivity contribution in [2.24, 2.45) is 0 Å². The van der Waals surface area contributed by atoms with Gasteiger partial charge < -0.3 is 15.3 Å². The van der Waals surface area contributed by atoms with Crippen molar-refractivity contribution in [2.75, 3.05) is 26.2 Å². The molecule has 1 aromatic carbocycles. The summed E-state index contributed by atoms with van der Waals surface area (Å²) in [6.45, 7) is 4.79.